The average Bonchev–Trinajstić information content (AvgIpc) is 2.91. The second kappa shape index (κ2) is 6.17. The lowest BCUT2D eigenvalue weighted by Gasteiger charge is -2.15. The van der Waals surface area contributed by atoms with Gasteiger partial charge in [0.05, 0.1) is 30.4 Å². The number of hydrogen-bond acceptors (Lipinski definition) is 3. The number of aliphatic hydroxyl groups is 1. The number of ether oxygens (including phenoxy) is 1. The number of benzene rings is 1. The number of imidazole rings is 1. The van der Waals surface area contributed by atoms with E-state index in [0.717, 1.165) is 6.07 Å². The monoisotopic (exact) mass is 300 g/mol. The zero-order valence-corrected chi connectivity index (χ0v) is 11.4. The quantitative estimate of drug-likeness (QED) is 0.923. The molecule has 2 aromatic rings. The molecule has 0 aliphatic rings. The molecule has 0 unspecified atom stereocenters. The molecule has 7 heteroatoms. The molecular weight excluding hydrogens is 285 g/mol. The molecule has 4 nitrogen and oxygen atoms in total. The standard InChI is InChI=1S/C14H15F3N2O2/c1-2-19-9-18-6-11(19)8-21-13-4-3-10(7-20)5-12(13)14(15,16)17/h3-6,9,20H,2,7-8H2,1H3. The SMILES string of the molecule is CCn1cncc1COc1ccc(CO)cc1C(F)(F)F. The van der Waals surface area contributed by atoms with Gasteiger partial charge in [-0.2, -0.15) is 13.2 Å². The van der Waals surface area contributed by atoms with E-state index in [1.54, 1.807) is 17.1 Å². The summed E-state index contributed by atoms with van der Waals surface area (Å²) in [7, 11) is 0. The molecule has 0 radical (unpaired) electrons. The maximum atomic E-state index is 13.0. The van der Waals surface area contributed by atoms with Crippen molar-refractivity contribution in [3.63, 3.8) is 0 Å². The van der Waals surface area contributed by atoms with Crippen LogP contribution in [-0.2, 0) is 25.9 Å². The van der Waals surface area contributed by atoms with Crippen LogP contribution in [0.25, 0.3) is 0 Å². The fourth-order valence-corrected chi connectivity index (χ4v) is 1.93. The van der Waals surface area contributed by atoms with Gasteiger partial charge in [0.25, 0.3) is 0 Å². The van der Waals surface area contributed by atoms with Crippen LogP contribution in [0.5, 0.6) is 5.75 Å². The fourth-order valence-electron chi connectivity index (χ4n) is 1.93. The van der Waals surface area contributed by atoms with Crippen molar-refractivity contribution >= 4 is 0 Å². The van der Waals surface area contributed by atoms with Crippen LogP contribution in [0.2, 0.25) is 0 Å². The number of rotatable bonds is 5. The van der Waals surface area contributed by atoms with Crippen molar-refractivity contribution in [2.45, 2.75) is 32.9 Å². The van der Waals surface area contributed by atoms with Crippen LogP contribution in [-0.4, -0.2) is 14.7 Å². The molecule has 0 amide bonds. The number of aryl methyl sites for hydroxylation is 1. The van der Waals surface area contributed by atoms with Crippen molar-refractivity contribution in [3.05, 3.63) is 47.5 Å². The van der Waals surface area contributed by atoms with Gasteiger partial charge < -0.3 is 14.4 Å². The molecule has 1 aromatic carbocycles. The first kappa shape index (κ1) is 15.4. The van der Waals surface area contributed by atoms with Gasteiger partial charge in [0.1, 0.15) is 12.4 Å². The van der Waals surface area contributed by atoms with E-state index in [1.807, 2.05) is 6.92 Å². The molecule has 0 aliphatic carbocycles. The van der Waals surface area contributed by atoms with Gasteiger partial charge in [-0.15, -0.1) is 0 Å². The van der Waals surface area contributed by atoms with Gasteiger partial charge in [-0.25, -0.2) is 4.98 Å². The summed E-state index contributed by atoms with van der Waals surface area (Å²) in [6, 6.07) is 3.52. The highest BCUT2D eigenvalue weighted by Gasteiger charge is 2.34. The Kier molecular flexibility index (Phi) is 4.52. The summed E-state index contributed by atoms with van der Waals surface area (Å²) >= 11 is 0. The van der Waals surface area contributed by atoms with Gasteiger partial charge in [-0.3, -0.25) is 0 Å². The Balaban J connectivity index is 2.23. The first-order chi connectivity index (χ1) is 9.95. The van der Waals surface area contributed by atoms with E-state index >= 15 is 0 Å². The van der Waals surface area contributed by atoms with Crippen molar-refractivity contribution in [3.8, 4) is 5.75 Å². The summed E-state index contributed by atoms with van der Waals surface area (Å²) < 4.78 is 46.1. The summed E-state index contributed by atoms with van der Waals surface area (Å²) in [6.45, 7) is 2.11. The zero-order valence-electron chi connectivity index (χ0n) is 11.4. The maximum Gasteiger partial charge on any atom is 0.419 e. The Morgan fingerprint density at radius 3 is 2.71 bits per heavy atom. The first-order valence-corrected chi connectivity index (χ1v) is 6.38. The van der Waals surface area contributed by atoms with Crippen LogP contribution in [0, 0.1) is 0 Å². The smallest absolute Gasteiger partial charge is 0.419 e. The van der Waals surface area contributed by atoms with Crippen LogP contribution in [0.15, 0.2) is 30.7 Å². The zero-order chi connectivity index (χ0) is 15.5. The topological polar surface area (TPSA) is 47.3 Å². The molecule has 0 atom stereocenters. The molecule has 0 aliphatic heterocycles. The lowest BCUT2D eigenvalue weighted by molar-refractivity contribution is -0.139. The summed E-state index contributed by atoms with van der Waals surface area (Å²) in [5, 5.41) is 8.95. The number of nitrogens with zero attached hydrogens (tertiary/aromatic N) is 2. The number of aliphatic hydroxyl groups excluding tert-OH is 1. The molecule has 2 rings (SSSR count). The fraction of sp³-hybridized carbons (Fsp3) is 0.357. The predicted molar refractivity (Wildman–Crippen MR) is 69.6 cm³/mol. The van der Waals surface area contributed by atoms with Crippen molar-refractivity contribution in [2.24, 2.45) is 0 Å². The molecule has 0 spiro atoms. The average molecular weight is 300 g/mol. The van der Waals surface area contributed by atoms with Gasteiger partial charge in [0.15, 0.2) is 0 Å². The van der Waals surface area contributed by atoms with Gasteiger partial charge in [-0.05, 0) is 24.6 Å². The highest BCUT2D eigenvalue weighted by Crippen LogP contribution is 2.37. The van der Waals surface area contributed by atoms with Crippen molar-refractivity contribution in [1.29, 1.82) is 0 Å². The third-order valence-corrected chi connectivity index (χ3v) is 3.05. The predicted octanol–water partition coefficient (Wildman–Crippen LogP) is 2.99. The second-order valence-electron chi connectivity index (χ2n) is 4.45. The van der Waals surface area contributed by atoms with Crippen LogP contribution in [0.3, 0.4) is 0 Å². The van der Waals surface area contributed by atoms with Crippen LogP contribution in [0.4, 0.5) is 13.2 Å². The van der Waals surface area contributed by atoms with Crippen molar-refractivity contribution in [2.75, 3.05) is 0 Å². The molecule has 1 heterocycles. The Morgan fingerprint density at radius 1 is 1.33 bits per heavy atom. The lowest BCUT2D eigenvalue weighted by Crippen LogP contribution is -2.11. The van der Waals surface area contributed by atoms with E-state index in [-0.39, 0.29) is 17.9 Å². The first-order valence-electron chi connectivity index (χ1n) is 6.38. The molecule has 0 saturated carbocycles. The lowest BCUT2D eigenvalue weighted by atomic mass is 10.1. The van der Waals surface area contributed by atoms with E-state index in [2.05, 4.69) is 4.98 Å². The summed E-state index contributed by atoms with van der Waals surface area (Å²) in [5.41, 5.74) is -0.0123. The highest BCUT2D eigenvalue weighted by molar-refractivity contribution is 5.39. The second-order valence-corrected chi connectivity index (χ2v) is 4.45. The number of aromatic nitrogens is 2. The maximum absolute atomic E-state index is 13.0. The molecule has 0 fully saturated rings. The molecule has 0 saturated heterocycles. The molecule has 114 valence electrons. The Hall–Kier alpha value is -2.02. The molecule has 1 aromatic heterocycles. The Labute approximate surface area is 119 Å². The van der Waals surface area contributed by atoms with Crippen molar-refractivity contribution in [1.82, 2.24) is 9.55 Å². The van der Waals surface area contributed by atoms with E-state index in [9.17, 15) is 13.2 Å². The number of halogens is 3. The van der Waals surface area contributed by atoms with E-state index in [4.69, 9.17) is 9.84 Å². The highest BCUT2D eigenvalue weighted by atomic mass is 19.4. The van der Waals surface area contributed by atoms with Gasteiger partial charge >= 0.3 is 6.18 Å². The normalized spacial score (nSPS) is 11.7. The Morgan fingerprint density at radius 2 is 2.10 bits per heavy atom. The van der Waals surface area contributed by atoms with Crippen LogP contribution < -0.4 is 4.74 Å². The van der Waals surface area contributed by atoms with E-state index < -0.39 is 18.3 Å². The summed E-state index contributed by atoms with van der Waals surface area (Å²) in [5.74, 6) is -0.261. The summed E-state index contributed by atoms with van der Waals surface area (Å²) in [6.07, 6.45) is -1.39. The minimum atomic E-state index is -4.54. The third-order valence-electron chi connectivity index (χ3n) is 3.05. The largest absolute Gasteiger partial charge is 0.487 e. The van der Waals surface area contributed by atoms with Crippen LogP contribution in [0.1, 0.15) is 23.7 Å². The van der Waals surface area contributed by atoms with Gasteiger partial charge in [0.2, 0.25) is 0 Å². The summed E-state index contributed by atoms with van der Waals surface area (Å²) in [4.78, 5) is 3.93. The number of alkyl halides is 3. The molecule has 1 N–H and O–H groups in total. The van der Waals surface area contributed by atoms with Gasteiger partial charge in [0, 0.05) is 6.54 Å². The van der Waals surface area contributed by atoms with Crippen molar-refractivity contribution < 1.29 is 23.0 Å². The molecular formula is C14H15F3N2O2. The van der Waals surface area contributed by atoms with E-state index in [1.165, 1.54) is 12.1 Å². The Bertz CT molecular complexity index is 609. The van der Waals surface area contributed by atoms with Crippen LogP contribution >= 0.6 is 0 Å². The molecule has 21 heavy (non-hydrogen) atoms. The van der Waals surface area contributed by atoms with E-state index in [0.29, 0.717) is 12.2 Å². The minimum absolute atomic E-state index is 0.00457. The third kappa shape index (κ3) is 3.55. The minimum Gasteiger partial charge on any atom is -0.487 e. The molecule has 0 bridgehead atoms. The van der Waals surface area contributed by atoms with Gasteiger partial charge in [-0.1, -0.05) is 6.07 Å². The number of hydrogen-bond donors (Lipinski definition) is 1.